The molecule has 1 aromatic carbocycles. The molecule has 4 amide bonds. The van der Waals surface area contributed by atoms with Gasteiger partial charge in [0.15, 0.2) is 0 Å². The van der Waals surface area contributed by atoms with Crippen molar-refractivity contribution in [2.45, 2.75) is 88.2 Å². The Kier molecular flexibility index (Phi) is 9.87. The number of carbonyl (C=O) groups excluding carboxylic acids is 4. The zero-order valence-corrected chi connectivity index (χ0v) is 29.3. The van der Waals surface area contributed by atoms with E-state index in [1.165, 1.54) is 34.2 Å². The fourth-order valence-electron chi connectivity index (χ4n) is 6.95. The van der Waals surface area contributed by atoms with Crippen LogP contribution in [-0.2, 0) is 54.8 Å². The fraction of sp³-hybridized carbons (Fsp3) is 0.514. The number of hydrogen-bond donors (Lipinski definition) is 2. The lowest BCUT2D eigenvalue weighted by Crippen LogP contribution is -2.57. The van der Waals surface area contributed by atoms with Crippen molar-refractivity contribution in [3.8, 4) is 0 Å². The van der Waals surface area contributed by atoms with Crippen LogP contribution in [0.15, 0.2) is 49.3 Å². The number of sulfonamides is 1. The van der Waals surface area contributed by atoms with Crippen LogP contribution in [0.5, 0.6) is 0 Å². The van der Waals surface area contributed by atoms with Crippen LogP contribution < -0.4 is 10.0 Å². The summed E-state index contributed by atoms with van der Waals surface area (Å²) < 4.78 is 87.8. The minimum atomic E-state index is -4.66. The second-order valence-electron chi connectivity index (χ2n) is 14.3. The molecule has 2 aliphatic heterocycles. The van der Waals surface area contributed by atoms with E-state index in [-0.39, 0.29) is 44.5 Å². The summed E-state index contributed by atoms with van der Waals surface area (Å²) in [4.78, 5) is 61.2. The molecule has 0 radical (unpaired) electrons. The Balaban J connectivity index is 1.24. The van der Waals surface area contributed by atoms with Crippen molar-refractivity contribution in [2.24, 2.45) is 17.8 Å². The summed E-state index contributed by atoms with van der Waals surface area (Å²) in [6, 6.07) is 4.09. The number of benzene rings is 1. The Morgan fingerprint density at radius 3 is 2.50 bits per heavy atom. The summed E-state index contributed by atoms with van der Waals surface area (Å²) in [7, 11) is -3.97. The van der Waals surface area contributed by atoms with Gasteiger partial charge in [-0.15, -0.1) is 6.58 Å². The molecule has 52 heavy (non-hydrogen) atoms. The molecule has 2 N–H and O–H groups in total. The smallest absolute Gasteiger partial charge is 0.417 e. The van der Waals surface area contributed by atoms with Crippen molar-refractivity contribution < 1.29 is 49.9 Å². The van der Waals surface area contributed by atoms with E-state index in [9.17, 15) is 45.2 Å². The molecule has 1 aromatic heterocycles. The van der Waals surface area contributed by atoms with Crippen LogP contribution in [0.25, 0.3) is 0 Å². The molecule has 3 fully saturated rings. The molecule has 0 bridgehead atoms. The van der Waals surface area contributed by atoms with Gasteiger partial charge in [0, 0.05) is 42.8 Å². The number of nitrogens with zero attached hydrogens (tertiary/aromatic N) is 3. The maximum Gasteiger partial charge on any atom is 0.417 e. The first-order valence-electron chi connectivity index (χ1n) is 17.0. The number of halogens is 4. The van der Waals surface area contributed by atoms with Crippen molar-refractivity contribution >= 4 is 33.8 Å². The molecule has 3 heterocycles. The topological polar surface area (TPSA) is 155 Å². The Bertz CT molecular complexity index is 1900. The number of alkyl halides is 3. The predicted molar refractivity (Wildman–Crippen MR) is 177 cm³/mol. The molecule has 2 aromatic rings. The minimum Gasteiger partial charge on any atom is -0.444 e. The first-order valence-corrected chi connectivity index (χ1v) is 18.5. The normalized spacial score (nSPS) is 24.6. The molecule has 2 saturated carbocycles. The number of fused-ring (bicyclic) bond motifs is 1. The third-order valence-corrected chi connectivity index (χ3v) is 12.1. The molecule has 0 spiro atoms. The van der Waals surface area contributed by atoms with Gasteiger partial charge in [-0.1, -0.05) is 32.1 Å². The van der Waals surface area contributed by atoms with E-state index in [1.54, 1.807) is 19.9 Å². The molecule has 2 aliphatic carbocycles. The van der Waals surface area contributed by atoms with Gasteiger partial charge >= 0.3 is 12.3 Å². The first kappa shape index (κ1) is 37.2. The second-order valence-corrected chi connectivity index (χ2v) is 16.3. The lowest BCUT2D eigenvalue weighted by molar-refractivity contribution is -0.143. The van der Waals surface area contributed by atoms with Gasteiger partial charge in [0.25, 0.3) is 5.91 Å². The van der Waals surface area contributed by atoms with Gasteiger partial charge in [-0.2, -0.15) is 13.2 Å². The Hall–Kier alpha value is -4.54. The quantitative estimate of drug-likeness (QED) is 0.260. The molecule has 4 aliphatic rings. The maximum absolute atomic E-state index is 14.4. The summed E-state index contributed by atoms with van der Waals surface area (Å²) >= 11 is 0. The van der Waals surface area contributed by atoms with Gasteiger partial charge in [0.05, 0.1) is 23.9 Å². The van der Waals surface area contributed by atoms with Crippen LogP contribution in [-0.4, -0.2) is 76.5 Å². The Labute approximate surface area is 298 Å². The lowest BCUT2D eigenvalue weighted by Gasteiger charge is -2.31. The third kappa shape index (κ3) is 7.50. The number of pyridine rings is 1. The highest BCUT2D eigenvalue weighted by atomic mass is 32.2. The second kappa shape index (κ2) is 13.8. The summed E-state index contributed by atoms with van der Waals surface area (Å²) in [6.45, 7) is 6.87. The van der Waals surface area contributed by atoms with Crippen LogP contribution >= 0.6 is 0 Å². The van der Waals surface area contributed by atoms with E-state index in [1.807, 2.05) is 0 Å². The third-order valence-electron chi connectivity index (χ3n) is 10.2. The predicted octanol–water partition coefficient (Wildman–Crippen LogP) is 3.85. The molecular weight excluding hydrogens is 710 g/mol. The van der Waals surface area contributed by atoms with E-state index < -0.39 is 92.1 Å². The number of aromatic nitrogens is 1. The van der Waals surface area contributed by atoms with Crippen molar-refractivity contribution in [3.05, 3.63) is 77.4 Å². The Morgan fingerprint density at radius 1 is 1.15 bits per heavy atom. The Morgan fingerprint density at radius 2 is 1.88 bits per heavy atom. The average Bonchev–Trinajstić information content (AvgIpc) is 3.97. The molecular formula is C35H39F4N5O7S. The number of hydrogen-bond acceptors (Lipinski definition) is 8. The molecule has 1 saturated heterocycles. The van der Waals surface area contributed by atoms with Gasteiger partial charge in [-0.05, 0) is 54.9 Å². The molecule has 12 nitrogen and oxygen atoms in total. The van der Waals surface area contributed by atoms with Crippen molar-refractivity contribution in [2.75, 3.05) is 6.54 Å². The largest absolute Gasteiger partial charge is 0.444 e. The fourth-order valence-corrected chi connectivity index (χ4v) is 8.31. The highest BCUT2D eigenvalue weighted by Gasteiger charge is 2.62. The standard InChI is InChI=1S/C35H39F4N5O7S/c1-4-22-13-34(22,32(47)42-52(49,50)25-8-9-25)41-30(45)29-12-24(51-33(48)43-16-21-6-5-7-28(36)27(21)18-43)17-44(29)31(46)26(19(2)3)11-20-10-23(15-40-14-20)35(37,38)39/h4-7,10,14-15,19,22,24-26,29H,1,8-9,11-13,16-18H2,2-3H3,(H,41,45)(H,42,47)/t22-,24-,26+,29+,34-/m1/s1. The van der Waals surface area contributed by atoms with Gasteiger partial charge in [-0.3, -0.25) is 29.0 Å². The van der Waals surface area contributed by atoms with Crippen LogP contribution in [0.3, 0.4) is 0 Å². The van der Waals surface area contributed by atoms with Gasteiger partial charge in [-0.25, -0.2) is 17.6 Å². The van der Waals surface area contributed by atoms with E-state index in [4.69, 9.17) is 4.74 Å². The van der Waals surface area contributed by atoms with Crippen molar-refractivity contribution in [3.63, 3.8) is 0 Å². The molecule has 17 heteroatoms. The highest BCUT2D eigenvalue weighted by Crippen LogP contribution is 2.45. The van der Waals surface area contributed by atoms with Gasteiger partial charge in [0.2, 0.25) is 21.8 Å². The summed E-state index contributed by atoms with van der Waals surface area (Å²) in [5.74, 6) is -4.80. The summed E-state index contributed by atoms with van der Waals surface area (Å²) in [6.07, 6.45) is -2.67. The SMILES string of the molecule is C=C[C@@H]1C[C@]1(NC(=O)[C@@H]1C[C@@H](OC(=O)N2Cc3cccc(F)c3C2)CN1C(=O)[C@@H](Cc1cncc(C(F)(F)F)c1)C(C)C)C(=O)NS(=O)(=O)C1CC1. The zero-order chi connectivity index (χ0) is 37.7. The molecule has 280 valence electrons. The van der Waals surface area contributed by atoms with E-state index >= 15 is 0 Å². The first-order chi connectivity index (χ1) is 24.4. The minimum absolute atomic E-state index is 0.0507. The number of ether oxygens (including phenoxy) is 1. The highest BCUT2D eigenvalue weighted by molar-refractivity contribution is 7.91. The monoisotopic (exact) mass is 749 g/mol. The lowest BCUT2D eigenvalue weighted by atomic mass is 9.88. The number of rotatable bonds is 11. The van der Waals surface area contributed by atoms with Crippen LogP contribution in [0.4, 0.5) is 22.4 Å². The van der Waals surface area contributed by atoms with Crippen LogP contribution in [0.1, 0.15) is 61.8 Å². The maximum atomic E-state index is 14.4. The number of likely N-dealkylation sites (tertiary alicyclic amines) is 1. The van der Waals surface area contributed by atoms with Gasteiger partial charge < -0.3 is 15.0 Å². The van der Waals surface area contributed by atoms with Crippen molar-refractivity contribution in [1.29, 1.82) is 0 Å². The van der Waals surface area contributed by atoms with Crippen molar-refractivity contribution in [1.82, 2.24) is 24.8 Å². The molecule has 5 atom stereocenters. The number of amides is 4. The molecule has 6 rings (SSSR count). The van der Waals surface area contributed by atoms with Crippen LogP contribution in [0.2, 0.25) is 0 Å². The zero-order valence-electron chi connectivity index (χ0n) is 28.5. The van der Waals surface area contributed by atoms with Crippen LogP contribution in [0, 0.1) is 23.6 Å². The molecule has 0 unspecified atom stereocenters. The van der Waals surface area contributed by atoms with E-state index in [0.29, 0.717) is 30.2 Å². The number of nitrogens with one attached hydrogen (secondary N) is 2. The summed E-state index contributed by atoms with van der Waals surface area (Å²) in [5.41, 5.74) is -1.54. The summed E-state index contributed by atoms with van der Waals surface area (Å²) in [5, 5.41) is 1.95. The van der Waals surface area contributed by atoms with E-state index in [2.05, 4.69) is 21.6 Å². The van der Waals surface area contributed by atoms with E-state index in [0.717, 1.165) is 6.07 Å². The van der Waals surface area contributed by atoms with Gasteiger partial charge in [0.1, 0.15) is 23.5 Å². The number of carbonyl (C=O) groups is 4. The average molecular weight is 750 g/mol.